The van der Waals surface area contributed by atoms with Crippen LogP contribution in [0.1, 0.15) is 13.8 Å². The molecule has 0 aromatic heterocycles. The minimum atomic E-state index is -0.344. The normalized spacial score (nSPS) is 39.2. The summed E-state index contributed by atoms with van der Waals surface area (Å²) in [5.74, 6) is 5.61. The Bertz CT molecular complexity index is 165. The minimum absolute atomic E-state index is 0.0510. The highest BCUT2D eigenvalue weighted by Crippen LogP contribution is 2.34. The molecule has 0 radical (unpaired) electrons. The van der Waals surface area contributed by atoms with Gasteiger partial charge >= 0.3 is 0 Å². The largest absolute Gasteiger partial charge is 0.394 e. The highest BCUT2D eigenvalue weighted by atomic mass is 16.6. The molecule has 9 heavy (non-hydrogen) atoms. The molecule has 1 aliphatic heterocycles. The zero-order chi connectivity index (χ0) is 6.91. The summed E-state index contributed by atoms with van der Waals surface area (Å²) in [4.78, 5) is 0. The third kappa shape index (κ3) is 1.07. The van der Waals surface area contributed by atoms with Gasteiger partial charge in [0, 0.05) is 0 Å². The molecule has 2 atom stereocenters. The first-order chi connectivity index (χ1) is 4.23. The molecule has 0 aromatic rings. The highest BCUT2D eigenvalue weighted by Gasteiger charge is 2.50. The van der Waals surface area contributed by atoms with Crippen LogP contribution in [0.5, 0.6) is 0 Å². The van der Waals surface area contributed by atoms with Crippen LogP contribution in [0, 0.1) is 11.8 Å². The van der Waals surface area contributed by atoms with Crippen molar-refractivity contribution in [3.63, 3.8) is 0 Å². The molecule has 0 unspecified atom stereocenters. The highest BCUT2D eigenvalue weighted by molar-refractivity contribution is 5.22. The van der Waals surface area contributed by atoms with E-state index in [0.717, 1.165) is 0 Å². The van der Waals surface area contributed by atoms with E-state index in [4.69, 9.17) is 9.84 Å². The zero-order valence-electron chi connectivity index (χ0n) is 5.64. The molecule has 0 aliphatic carbocycles. The predicted molar refractivity (Wildman–Crippen MR) is 33.8 cm³/mol. The van der Waals surface area contributed by atoms with Crippen molar-refractivity contribution in [3.8, 4) is 11.8 Å². The first-order valence-electron chi connectivity index (χ1n) is 2.95. The molecule has 0 amide bonds. The van der Waals surface area contributed by atoms with E-state index >= 15 is 0 Å². The van der Waals surface area contributed by atoms with Gasteiger partial charge in [0.2, 0.25) is 0 Å². The van der Waals surface area contributed by atoms with E-state index in [1.54, 1.807) is 6.92 Å². The summed E-state index contributed by atoms with van der Waals surface area (Å²) in [6.45, 7) is 3.72. The summed E-state index contributed by atoms with van der Waals surface area (Å²) in [7, 11) is 0. The molecule has 1 heterocycles. The van der Waals surface area contributed by atoms with Crippen molar-refractivity contribution in [3.05, 3.63) is 0 Å². The lowest BCUT2D eigenvalue weighted by atomic mass is 10.1. The van der Waals surface area contributed by atoms with E-state index in [-0.39, 0.29) is 18.3 Å². The van der Waals surface area contributed by atoms with Crippen LogP contribution in [-0.2, 0) is 4.74 Å². The number of rotatable bonds is 1. The maximum Gasteiger partial charge on any atom is 0.154 e. The van der Waals surface area contributed by atoms with Crippen LogP contribution in [0.25, 0.3) is 0 Å². The predicted octanol–water partition coefficient (Wildman–Crippen LogP) is 0.160. The van der Waals surface area contributed by atoms with Gasteiger partial charge in [0.05, 0.1) is 6.61 Å². The Kier molecular flexibility index (Phi) is 1.48. The molecule has 1 saturated heterocycles. The molecule has 0 saturated carbocycles. The number of aliphatic hydroxyl groups is 1. The van der Waals surface area contributed by atoms with Crippen LogP contribution < -0.4 is 0 Å². The maximum absolute atomic E-state index is 8.58. The first-order valence-corrected chi connectivity index (χ1v) is 2.95. The standard InChI is InChI=1S/C7H10O2/c1-3-4-7(2)6(5-8)9-7/h6,8H,5H2,1-2H3/t6-,7-/m0/s1. The van der Waals surface area contributed by atoms with Gasteiger partial charge in [-0.2, -0.15) is 0 Å². The van der Waals surface area contributed by atoms with Gasteiger partial charge in [-0.3, -0.25) is 0 Å². The average Bonchev–Trinajstić information content (AvgIpc) is 2.43. The topological polar surface area (TPSA) is 32.8 Å². The molecule has 0 aromatic carbocycles. The average molecular weight is 126 g/mol. The third-order valence-electron chi connectivity index (χ3n) is 1.48. The molecule has 2 heteroatoms. The summed E-state index contributed by atoms with van der Waals surface area (Å²) in [5, 5.41) is 8.58. The van der Waals surface area contributed by atoms with Gasteiger partial charge < -0.3 is 9.84 Å². The van der Waals surface area contributed by atoms with Gasteiger partial charge in [-0.15, -0.1) is 5.92 Å². The van der Waals surface area contributed by atoms with Crippen molar-refractivity contribution in [2.75, 3.05) is 6.61 Å². The Morgan fingerprint density at radius 2 is 2.44 bits per heavy atom. The molecular weight excluding hydrogens is 116 g/mol. The lowest BCUT2D eigenvalue weighted by Crippen LogP contribution is -2.08. The van der Waals surface area contributed by atoms with E-state index in [0.29, 0.717) is 0 Å². The molecule has 50 valence electrons. The second kappa shape index (κ2) is 2.02. The number of aliphatic hydroxyl groups excluding tert-OH is 1. The second-order valence-electron chi connectivity index (χ2n) is 2.27. The van der Waals surface area contributed by atoms with Gasteiger partial charge in [0.15, 0.2) is 5.60 Å². The van der Waals surface area contributed by atoms with E-state index in [1.165, 1.54) is 0 Å². The van der Waals surface area contributed by atoms with Crippen LogP contribution in [-0.4, -0.2) is 23.4 Å². The summed E-state index contributed by atoms with van der Waals surface area (Å²) in [5.41, 5.74) is -0.344. The quantitative estimate of drug-likeness (QED) is 0.401. The van der Waals surface area contributed by atoms with Gasteiger partial charge in [0.1, 0.15) is 6.10 Å². The van der Waals surface area contributed by atoms with E-state index < -0.39 is 0 Å². The molecule has 1 rings (SSSR count). The number of ether oxygens (including phenoxy) is 1. The Labute approximate surface area is 54.8 Å². The monoisotopic (exact) mass is 126 g/mol. The van der Waals surface area contributed by atoms with Gasteiger partial charge in [-0.05, 0) is 13.8 Å². The Morgan fingerprint density at radius 1 is 1.78 bits per heavy atom. The van der Waals surface area contributed by atoms with E-state index in [2.05, 4.69) is 11.8 Å². The molecule has 1 N–H and O–H groups in total. The summed E-state index contributed by atoms with van der Waals surface area (Å²) >= 11 is 0. The Hall–Kier alpha value is -0.520. The minimum Gasteiger partial charge on any atom is -0.394 e. The van der Waals surface area contributed by atoms with Crippen molar-refractivity contribution >= 4 is 0 Å². The number of epoxide rings is 1. The molecule has 1 fully saturated rings. The molecule has 0 bridgehead atoms. The second-order valence-corrected chi connectivity index (χ2v) is 2.27. The fraction of sp³-hybridized carbons (Fsp3) is 0.714. The van der Waals surface area contributed by atoms with Crippen LogP contribution in [0.3, 0.4) is 0 Å². The third-order valence-corrected chi connectivity index (χ3v) is 1.48. The number of hydrogen-bond donors (Lipinski definition) is 1. The van der Waals surface area contributed by atoms with Crippen LogP contribution in [0.2, 0.25) is 0 Å². The first kappa shape index (κ1) is 6.60. The molecule has 0 spiro atoms. The summed E-state index contributed by atoms with van der Waals surface area (Å²) in [6.07, 6.45) is -0.0510. The fourth-order valence-electron chi connectivity index (χ4n) is 0.831. The van der Waals surface area contributed by atoms with Crippen molar-refractivity contribution in [2.45, 2.75) is 25.6 Å². The van der Waals surface area contributed by atoms with E-state index in [9.17, 15) is 0 Å². The molecule has 1 aliphatic rings. The molecule has 2 nitrogen and oxygen atoms in total. The lowest BCUT2D eigenvalue weighted by molar-refractivity contribution is 0.240. The van der Waals surface area contributed by atoms with Crippen LogP contribution in [0.4, 0.5) is 0 Å². The molecular formula is C7H10O2. The van der Waals surface area contributed by atoms with Gasteiger partial charge in [0.25, 0.3) is 0 Å². The van der Waals surface area contributed by atoms with Gasteiger partial charge in [-0.25, -0.2) is 0 Å². The SMILES string of the molecule is CC#C[C@]1(C)O[C@H]1CO. The summed E-state index contributed by atoms with van der Waals surface area (Å²) in [6, 6.07) is 0. The number of hydrogen-bond acceptors (Lipinski definition) is 2. The Balaban J connectivity index is 2.49. The van der Waals surface area contributed by atoms with Crippen LogP contribution >= 0.6 is 0 Å². The lowest BCUT2D eigenvalue weighted by Gasteiger charge is -1.88. The van der Waals surface area contributed by atoms with Gasteiger partial charge in [-0.1, -0.05) is 5.92 Å². The van der Waals surface area contributed by atoms with Crippen molar-refractivity contribution < 1.29 is 9.84 Å². The van der Waals surface area contributed by atoms with Crippen molar-refractivity contribution in [1.82, 2.24) is 0 Å². The fourth-order valence-corrected chi connectivity index (χ4v) is 0.831. The summed E-state index contributed by atoms with van der Waals surface area (Å²) < 4.78 is 5.07. The van der Waals surface area contributed by atoms with Crippen LogP contribution in [0.15, 0.2) is 0 Å². The van der Waals surface area contributed by atoms with E-state index in [1.807, 2.05) is 6.92 Å². The van der Waals surface area contributed by atoms with Crippen molar-refractivity contribution in [1.29, 1.82) is 0 Å². The van der Waals surface area contributed by atoms with Crippen molar-refractivity contribution in [2.24, 2.45) is 0 Å². The smallest absolute Gasteiger partial charge is 0.154 e. The maximum atomic E-state index is 8.58. The zero-order valence-corrected chi connectivity index (χ0v) is 5.64. The Morgan fingerprint density at radius 3 is 2.78 bits per heavy atom.